The van der Waals surface area contributed by atoms with Gasteiger partial charge in [-0.2, -0.15) is 0 Å². The molecule has 0 aromatic rings. The number of hydrogen-bond acceptors (Lipinski definition) is 6. The van der Waals surface area contributed by atoms with Crippen molar-refractivity contribution < 1.29 is 40.2 Å². The fourth-order valence-corrected chi connectivity index (χ4v) is 0.544. The van der Waals surface area contributed by atoms with Crippen molar-refractivity contribution in [1.82, 2.24) is 0 Å². The van der Waals surface area contributed by atoms with Crippen molar-refractivity contribution in [3.05, 3.63) is 0 Å². The summed E-state index contributed by atoms with van der Waals surface area (Å²) < 4.78 is 0. The summed E-state index contributed by atoms with van der Waals surface area (Å²) in [4.78, 5) is 19.8. The van der Waals surface area contributed by atoms with Crippen LogP contribution in [0.15, 0.2) is 0 Å². The van der Waals surface area contributed by atoms with Crippen LogP contribution in [0.2, 0.25) is 0 Å². The first-order valence-corrected chi connectivity index (χ1v) is 5.04. The zero-order valence-electron chi connectivity index (χ0n) is 10.4. The van der Waals surface area contributed by atoms with E-state index in [9.17, 15) is 19.8 Å². The molecule has 0 aromatic heterocycles. The van der Waals surface area contributed by atoms with Gasteiger partial charge < -0.3 is 31.3 Å². The Kier molecular flexibility index (Phi) is 18.8. The van der Waals surface area contributed by atoms with Crippen molar-refractivity contribution in [3.63, 3.8) is 0 Å². The first kappa shape index (κ1) is 26.2. The van der Waals surface area contributed by atoms with Gasteiger partial charge >= 0.3 is 20.4 Å². The van der Waals surface area contributed by atoms with Gasteiger partial charge in [-0.3, -0.25) is 0 Å². The third kappa shape index (κ3) is 13.6. The van der Waals surface area contributed by atoms with Gasteiger partial charge in [0.05, 0.1) is 11.9 Å². The quantitative estimate of drug-likeness (QED) is 0.565. The van der Waals surface area contributed by atoms with Crippen molar-refractivity contribution >= 4 is 11.9 Å². The summed E-state index contributed by atoms with van der Waals surface area (Å²) in [5.74, 6) is -2.44. The molecule has 0 aromatic carbocycles. The zero-order valence-corrected chi connectivity index (χ0v) is 12.0. The Labute approximate surface area is 123 Å². The summed E-state index contributed by atoms with van der Waals surface area (Å²) in [6, 6.07) is -1.65. The summed E-state index contributed by atoms with van der Waals surface area (Å²) in [5, 5.41) is 19.8. The summed E-state index contributed by atoms with van der Waals surface area (Å²) in [7, 11) is 0. The van der Waals surface area contributed by atoms with Gasteiger partial charge in [0.2, 0.25) is 0 Å². The molecular formula is C11H24N2O4Pd. The Morgan fingerprint density at radius 1 is 0.833 bits per heavy atom. The first-order valence-electron chi connectivity index (χ1n) is 5.04. The maximum atomic E-state index is 9.90. The molecule has 0 unspecified atom stereocenters. The zero-order chi connectivity index (χ0) is 13.5. The fraction of sp³-hybridized carbons (Fsp3) is 0.818. The largest absolute Gasteiger partial charge is 2.00 e. The summed E-state index contributed by atoms with van der Waals surface area (Å²) in [6.07, 6.45) is 0. The van der Waals surface area contributed by atoms with Crippen LogP contribution in [0.1, 0.15) is 35.1 Å². The van der Waals surface area contributed by atoms with Crippen LogP contribution in [0.5, 0.6) is 0 Å². The molecule has 0 heterocycles. The topological polar surface area (TPSA) is 132 Å². The van der Waals surface area contributed by atoms with Crippen LogP contribution >= 0.6 is 0 Å². The molecule has 0 radical (unpaired) electrons. The van der Waals surface area contributed by atoms with E-state index < -0.39 is 24.0 Å². The second-order valence-electron chi connectivity index (χ2n) is 4.18. The smallest absolute Gasteiger partial charge is 0.548 e. The average Bonchev–Trinajstić information content (AvgIpc) is 2.15. The molecular weight excluding hydrogens is 331 g/mol. The molecule has 0 saturated heterocycles. The number of carbonyl (C=O) groups excluding carboxylic acids is 2. The fourth-order valence-electron chi connectivity index (χ4n) is 0.544. The number of carboxylic acids is 2. The van der Waals surface area contributed by atoms with Crippen LogP contribution in [-0.2, 0) is 30.0 Å². The van der Waals surface area contributed by atoms with E-state index in [2.05, 4.69) is 0 Å². The van der Waals surface area contributed by atoms with E-state index in [0.717, 1.165) is 0 Å². The number of carbonyl (C=O) groups is 2. The molecule has 4 N–H and O–H groups in total. The van der Waals surface area contributed by atoms with Crippen LogP contribution < -0.4 is 21.7 Å². The third-order valence-corrected chi connectivity index (χ3v) is 1.98. The molecule has 0 spiro atoms. The number of hydrogen-bond donors (Lipinski definition) is 2. The Bertz CT molecular complexity index is 211. The molecule has 0 aliphatic carbocycles. The van der Waals surface area contributed by atoms with Gasteiger partial charge in [-0.25, -0.2) is 0 Å². The van der Waals surface area contributed by atoms with Gasteiger partial charge in [0, 0.05) is 12.1 Å². The minimum atomic E-state index is -1.18. The number of nitrogens with two attached hydrogens (primary N) is 2. The van der Waals surface area contributed by atoms with Gasteiger partial charge in [-0.1, -0.05) is 35.1 Å². The van der Waals surface area contributed by atoms with Gasteiger partial charge in [0.15, 0.2) is 0 Å². The van der Waals surface area contributed by atoms with Crippen LogP contribution in [0, 0.1) is 11.8 Å². The molecule has 0 bridgehead atoms. The number of rotatable bonds is 4. The summed E-state index contributed by atoms with van der Waals surface area (Å²) >= 11 is 0. The Morgan fingerprint density at radius 2 is 1.00 bits per heavy atom. The maximum Gasteiger partial charge on any atom is 2.00 e. The van der Waals surface area contributed by atoms with Gasteiger partial charge in [0.25, 0.3) is 0 Å². The molecule has 0 aliphatic heterocycles. The van der Waals surface area contributed by atoms with Crippen molar-refractivity contribution in [1.29, 1.82) is 0 Å². The second kappa shape index (κ2) is 13.0. The van der Waals surface area contributed by atoms with E-state index in [0.29, 0.717) is 0 Å². The molecule has 0 fully saturated rings. The van der Waals surface area contributed by atoms with Crippen LogP contribution in [-0.4, -0.2) is 24.0 Å². The minimum absolute atomic E-state index is 0. The Hall–Kier alpha value is -0.478. The van der Waals surface area contributed by atoms with Crippen molar-refractivity contribution in [2.75, 3.05) is 0 Å². The van der Waals surface area contributed by atoms with E-state index in [1.54, 1.807) is 27.7 Å². The van der Waals surface area contributed by atoms with Crippen molar-refractivity contribution in [2.45, 2.75) is 47.2 Å². The van der Waals surface area contributed by atoms with Gasteiger partial charge in [-0.05, 0) is 11.8 Å². The van der Waals surface area contributed by atoms with Crippen molar-refractivity contribution in [2.24, 2.45) is 23.3 Å². The van der Waals surface area contributed by atoms with E-state index >= 15 is 0 Å². The number of aliphatic carboxylic acids is 2. The van der Waals surface area contributed by atoms with E-state index in [1.165, 1.54) is 0 Å². The summed E-state index contributed by atoms with van der Waals surface area (Å²) in [5.41, 5.74) is 10.2. The van der Waals surface area contributed by atoms with Crippen LogP contribution in [0.4, 0.5) is 0 Å². The first-order chi connectivity index (χ1) is 7.11. The van der Waals surface area contributed by atoms with E-state index in [1.807, 2.05) is 0 Å². The van der Waals surface area contributed by atoms with Gasteiger partial charge in [-0.15, -0.1) is 0 Å². The molecule has 0 rings (SSSR count). The summed E-state index contributed by atoms with van der Waals surface area (Å²) in [6.45, 7) is 6.95. The van der Waals surface area contributed by atoms with Crippen molar-refractivity contribution in [3.8, 4) is 0 Å². The molecule has 0 aliphatic rings. The van der Waals surface area contributed by atoms with Gasteiger partial charge in [0.1, 0.15) is 0 Å². The predicted molar refractivity (Wildman–Crippen MR) is 62.4 cm³/mol. The SMILES string of the molecule is C.CC(C)[C@H](N)C(=O)[O-].CC(C)[C@H](N)C(=O)[O-].[Pd+2]. The molecule has 112 valence electrons. The second-order valence-corrected chi connectivity index (χ2v) is 4.18. The molecule has 6 nitrogen and oxygen atoms in total. The molecule has 0 saturated carbocycles. The van der Waals surface area contributed by atoms with Crippen LogP contribution in [0.25, 0.3) is 0 Å². The monoisotopic (exact) mass is 354 g/mol. The van der Waals surface area contributed by atoms with E-state index in [-0.39, 0.29) is 39.7 Å². The van der Waals surface area contributed by atoms with Crippen LogP contribution in [0.3, 0.4) is 0 Å². The third-order valence-electron chi connectivity index (χ3n) is 1.98. The normalized spacial score (nSPS) is 12.4. The average molecular weight is 355 g/mol. The molecule has 0 amide bonds. The Morgan fingerprint density at radius 3 is 1.00 bits per heavy atom. The van der Waals surface area contributed by atoms with E-state index in [4.69, 9.17) is 11.5 Å². The standard InChI is InChI=1S/2C5H11NO2.CH4.Pd/c2*1-3(2)4(6)5(7)8;;/h2*3-4H,6H2,1-2H3,(H,7,8);1H4;/q;;;+2/p-2/t2*4-;;/m00../s1. The Balaban J connectivity index is -0.0000000980. The molecule has 2 atom stereocenters. The predicted octanol–water partition coefficient (Wildman–Crippen LogP) is -1.93. The maximum absolute atomic E-state index is 9.90. The number of carboxylic acid groups (broad SMARTS) is 2. The molecule has 18 heavy (non-hydrogen) atoms. The minimum Gasteiger partial charge on any atom is -0.548 e. The molecule has 7 heteroatoms.